The average Bonchev–Trinajstić information content (AvgIpc) is 2.95. The number of aromatic nitrogens is 2. The van der Waals surface area contributed by atoms with Crippen molar-refractivity contribution < 1.29 is 4.74 Å². The summed E-state index contributed by atoms with van der Waals surface area (Å²) in [4.78, 5) is 9.56. The zero-order valence-electron chi connectivity index (χ0n) is 9.77. The number of fused-ring (bicyclic) bond motifs is 1. The molecular formula is C12H15N3OS. The van der Waals surface area contributed by atoms with Crippen LogP contribution in [0.5, 0.6) is 0 Å². The van der Waals surface area contributed by atoms with Gasteiger partial charge in [-0.25, -0.2) is 9.97 Å². The third-order valence-electron chi connectivity index (χ3n) is 3.19. The summed E-state index contributed by atoms with van der Waals surface area (Å²) in [6, 6.07) is 2.06. The number of nitrogens with zero attached hydrogens (tertiary/aromatic N) is 2. The van der Waals surface area contributed by atoms with E-state index in [1.165, 1.54) is 0 Å². The molecule has 0 aromatic carbocycles. The van der Waals surface area contributed by atoms with Crippen molar-refractivity contribution in [3.8, 4) is 0 Å². The molecule has 1 aliphatic heterocycles. The standard InChI is InChI=1S/C12H15N3OS/c1-12(4-2-5-16-12)7-13-10-9-3-6-17-11(9)15-8-14-10/h3,6,8H,2,4-5,7H2,1H3,(H,13,14,15). The SMILES string of the molecule is CC1(CNc2ncnc3sccc23)CCCO1. The van der Waals surface area contributed by atoms with E-state index in [4.69, 9.17) is 4.74 Å². The number of anilines is 1. The minimum atomic E-state index is -0.0483. The molecule has 1 fully saturated rings. The Bertz CT molecular complexity index is 519. The van der Waals surface area contributed by atoms with Gasteiger partial charge in [0.2, 0.25) is 0 Å². The molecule has 0 spiro atoms. The van der Waals surface area contributed by atoms with Gasteiger partial charge >= 0.3 is 0 Å². The predicted octanol–water partition coefficient (Wildman–Crippen LogP) is 2.67. The molecule has 0 radical (unpaired) electrons. The zero-order chi connectivity index (χ0) is 11.7. The minimum Gasteiger partial charge on any atom is -0.373 e. The number of rotatable bonds is 3. The summed E-state index contributed by atoms with van der Waals surface area (Å²) in [5.41, 5.74) is -0.0483. The zero-order valence-corrected chi connectivity index (χ0v) is 10.6. The van der Waals surface area contributed by atoms with Crippen LogP contribution in [0.4, 0.5) is 5.82 Å². The second-order valence-corrected chi connectivity index (χ2v) is 5.51. The lowest BCUT2D eigenvalue weighted by molar-refractivity contribution is 0.0315. The highest BCUT2D eigenvalue weighted by molar-refractivity contribution is 7.16. The third-order valence-corrected chi connectivity index (χ3v) is 4.01. The smallest absolute Gasteiger partial charge is 0.138 e. The van der Waals surface area contributed by atoms with Gasteiger partial charge in [-0.3, -0.25) is 0 Å². The van der Waals surface area contributed by atoms with Crippen molar-refractivity contribution in [3.63, 3.8) is 0 Å². The molecule has 1 saturated heterocycles. The maximum atomic E-state index is 5.75. The average molecular weight is 249 g/mol. The molecular weight excluding hydrogens is 234 g/mol. The molecule has 3 rings (SSSR count). The fourth-order valence-corrected chi connectivity index (χ4v) is 2.91. The second kappa shape index (κ2) is 4.23. The van der Waals surface area contributed by atoms with Crippen LogP contribution < -0.4 is 5.32 Å². The van der Waals surface area contributed by atoms with Gasteiger partial charge in [-0.1, -0.05) is 0 Å². The minimum absolute atomic E-state index is 0.0483. The Kier molecular flexibility index (Phi) is 2.72. The summed E-state index contributed by atoms with van der Waals surface area (Å²) in [5.74, 6) is 0.910. The van der Waals surface area contributed by atoms with Gasteiger partial charge in [0, 0.05) is 13.2 Å². The molecule has 4 nitrogen and oxygen atoms in total. The molecule has 17 heavy (non-hydrogen) atoms. The van der Waals surface area contributed by atoms with Gasteiger partial charge < -0.3 is 10.1 Å². The van der Waals surface area contributed by atoms with Gasteiger partial charge in [0.1, 0.15) is 17.0 Å². The first-order chi connectivity index (χ1) is 8.27. The molecule has 1 aliphatic rings. The summed E-state index contributed by atoms with van der Waals surface area (Å²) in [7, 11) is 0. The van der Waals surface area contributed by atoms with Crippen LogP contribution in [-0.2, 0) is 4.74 Å². The predicted molar refractivity (Wildman–Crippen MR) is 69.5 cm³/mol. The maximum Gasteiger partial charge on any atom is 0.138 e. The van der Waals surface area contributed by atoms with E-state index < -0.39 is 0 Å². The lowest BCUT2D eigenvalue weighted by atomic mass is 10.0. The molecule has 5 heteroatoms. The van der Waals surface area contributed by atoms with E-state index in [2.05, 4.69) is 28.3 Å². The first-order valence-corrected chi connectivity index (χ1v) is 6.71. The molecule has 0 saturated carbocycles. The van der Waals surface area contributed by atoms with Crippen LogP contribution in [0.3, 0.4) is 0 Å². The fourth-order valence-electron chi connectivity index (χ4n) is 2.18. The molecule has 2 aromatic heterocycles. The van der Waals surface area contributed by atoms with E-state index >= 15 is 0 Å². The lowest BCUT2D eigenvalue weighted by Crippen LogP contribution is -2.32. The molecule has 1 unspecified atom stereocenters. The van der Waals surface area contributed by atoms with Crippen LogP contribution in [0.25, 0.3) is 10.2 Å². The van der Waals surface area contributed by atoms with E-state index in [-0.39, 0.29) is 5.60 Å². The first kappa shape index (κ1) is 10.9. The van der Waals surface area contributed by atoms with Crippen LogP contribution >= 0.6 is 11.3 Å². The van der Waals surface area contributed by atoms with Gasteiger partial charge in [-0.2, -0.15) is 0 Å². The van der Waals surface area contributed by atoms with Gasteiger partial charge in [-0.05, 0) is 31.2 Å². The molecule has 1 atom stereocenters. The van der Waals surface area contributed by atoms with E-state index in [1.54, 1.807) is 17.7 Å². The van der Waals surface area contributed by atoms with Crippen molar-refractivity contribution in [2.75, 3.05) is 18.5 Å². The molecule has 3 heterocycles. The summed E-state index contributed by atoms with van der Waals surface area (Å²) in [6.07, 6.45) is 3.87. The Hall–Kier alpha value is -1.20. The Labute approximate surface area is 104 Å². The number of ether oxygens (including phenoxy) is 1. The Morgan fingerprint density at radius 3 is 3.29 bits per heavy atom. The maximum absolute atomic E-state index is 5.75. The van der Waals surface area contributed by atoms with E-state index in [1.807, 2.05) is 5.38 Å². The normalized spacial score (nSPS) is 24.3. The largest absolute Gasteiger partial charge is 0.373 e. The topological polar surface area (TPSA) is 47.0 Å². The highest BCUT2D eigenvalue weighted by atomic mass is 32.1. The van der Waals surface area contributed by atoms with Gasteiger partial charge in [0.15, 0.2) is 0 Å². The summed E-state index contributed by atoms with van der Waals surface area (Å²) < 4.78 is 5.75. The highest BCUT2D eigenvalue weighted by Crippen LogP contribution is 2.27. The van der Waals surface area contributed by atoms with Crippen molar-refractivity contribution in [1.29, 1.82) is 0 Å². The Morgan fingerprint density at radius 1 is 1.53 bits per heavy atom. The van der Waals surface area contributed by atoms with Crippen molar-refractivity contribution >= 4 is 27.4 Å². The molecule has 0 amide bonds. The van der Waals surface area contributed by atoms with E-state index in [0.717, 1.165) is 42.0 Å². The molecule has 2 aromatic rings. The van der Waals surface area contributed by atoms with Crippen LogP contribution in [0.2, 0.25) is 0 Å². The second-order valence-electron chi connectivity index (χ2n) is 4.62. The number of hydrogen-bond acceptors (Lipinski definition) is 5. The Balaban J connectivity index is 1.78. The number of hydrogen-bond donors (Lipinski definition) is 1. The number of nitrogens with one attached hydrogen (secondary N) is 1. The van der Waals surface area contributed by atoms with Crippen molar-refractivity contribution in [1.82, 2.24) is 9.97 Å². The van der Waals surface area contributed by atoms with Crippen molar-refractivity contribution in [3.05, 3.63) is 17.8 Å². The van der Waals surface area contributed by atoms with Crippen LogP contribution in [0.15, 0.2) is 17.8 Å². The van der Waals surface area contributed by atoms with Gasteiger partial charge in [0.05, 0.1) is 11.0 Å². The molecule has 0 bridgehead atoms. The quantitative estimate of drug-likeness (QED) is 0.908. The van der Waals surface area contributed by atoms with Crippen molar-refractivity contribution in [2.24, 2.45) is 0 Å². The van der Waals surface area contributed by atoms with E-state index in [0.29, 0.717) is 0 Å². The summed E-state index contributed by atoms with van der Waals surface area (Å²) in [6.45, 7) is 3.82. The van der Waals surface area contributed by atoms with Crippen LogP contribution in [-0.4, -0.2) is 28.7 Å². The highest BCUT2D eigenvalue weighted by Gasteiger charge is 2.29. The van der Waals surface area contributed by atoms with Crippen molar-refractivity contribution in [2.45, 2.75) is 25.4 Å². The molecule has 0 aliphatic carbocycles. The Morgan fingerprint density at radius 2 is 2.47 bits per heavy atom. The monoisotopic (exact) mass is 249 g/mol. The molecule has 90 valence electrons. The lowest BCUT2D eigenvalue weighted by Gasteiger charge is -2.23. The van der Waals surface area contributed by atoms with E-state index in [9.17, 15) is 0 Å². The fraction of sp³-hybridized carbons (Fsp3) is 0.500. The summed E-state index contributed by atoms with van der Waals surface area (Å²) in [5, 5.41) is 6.52. The van der Waals surface area contributed by atoms with Crippen LogP contribution in [0.1, 0.15) is 19.8 Å². The summed E-state index contributed by atoms with van der Waals surface area (Å²) >= 11 is 1.64. The third kappa shape index (κ3) is 2.12. The molecule has 1 N–H and O–H groups in total. The first-order valence-electron chi connectivity index (χ1n) is 5.83. The van der Waals surface area contributed by atoms with Gasteiger partial charge in [0.25, 0.3) is 0 Å². The number of thiophene rings is 1. The van der Waals surface area contributed by atoms with Gasteiger partial charge in [-0.15, -0.1) is 11.3 Å². The van der Waals surface area contributed by atoms with Crippen LogP contribution in [0, 0.1) is 0 Å².